The number of nitrogens with one attached hydrogen (secondary N) is 1. The highest BCUT2D eigenvalue weighted by Gasteiger charge is 2.34. The molecule has 25 heavy (non-hydrogen) atoms. The second-order valence-corrected chi connectivity index (χ2v) is 6.36. The van der Waals surface area contributed by atoms with Gasteiger partial charge in [-0.05, 0) is 49.2 Å². The molecular formula is C21H20N2O2. The fourth-order valence-corrected chi connectivity index (χ4v) is 3.51. The number of hydrogen-bond acceptors (Lipinski definition) is 3. The average molecular weight is 332 g/mol. The molecule has 0 radical (unpaired) electrons. The molecule has 0 saturated carbocycles. The number of furan rings is 1. The summed E-state index contributed by atoms with van der Waals surface area (Å²) in [7, 11) is 0. The summed E-state index contributed by atoms with van der Waals surface area (Å²) in [6.45, 7) is 2.08. The van der Waals surface area contributed by atoms with Crippen molar-refractivity contribution in [3.63, 3.8) is 0 Å². The van der Waals surface area contributed by atoms with Crippen molar-refractivity contribution in [1.29, 1.82) is 0 Å². The van der Waals surface area contributed by atoms with E-state index in [1.165, 1.54) is 6.26 Å². The van der Waals surface area contributed by atoms with Crippen LogP contribution in [0.5, 0.6) is 0 Å². The van der Waals surface area contributed by atoms with Crippen molar-refractivity contribution in [2.24, 2.45) is 0 Å². The van der Waals surface area contributed by atoms with Gasteiger partial charge < -0.3 is 14.6 Å². The van der Waals surface area contributed by atoms with Crippen molar-refractivity contribution >= 4 is 17.3 Å². The quantitative estimate of drug-likeness (QED) is 0.744. The highest BCUT2D eigenvalue weighted by Crippen LogP contribution is 2.39. The van der Waals surface area contributed by atoms with Crippen molar-refractivity contribution in [2.45, 2.75) is 25.4 Å². The minimum atomic E-state index is -0.0943. The molecule has 2 aromatic carbocycles. The second kappa shape index (κ2) is 6.48. The van der Waals surface area contributed by atoms with Crippen LogP contribution in [-0.4, -0.2) is 11.9 Å². The molecule has 0 spiro atoms. The predicted molar refractivity (Wildman–Crippen MR) is 98.8 cm³/mol. The maximum absolute atomic E-state index is 12.9. The summed E-state index contributed by atoms with van der Waals surface area (Å²) in [6, 6.07) is 21.9. The van der Waals surface area contributed by atoms with Gasteiger partial charge in [0.1, 0.15) is 0 Å². The Morgan fingerprint density at radius 1 is 1.04 bits per heavy atom. The highest BCUT2D eigenvalue weighted by molar-refractivity contribution is 6.05. The molecule has 4 heteroatoms. The number of carbonyl (C=O) groups excluding carboxylic acids is 1. The molecule has 1 amide bonds. The number of rotatable bonds is 3. The van der Waals surface area contributed by atoms with Gasteiger partial charge in [-0.2, -0.15) is 0 Å². The molecule has 0 fully saturated rings. The lowest BCUT2D eigenvalue weighted by molar-refractivity contribution is 0.0947. The van der Waals surface area contributed by atoms with Gasteiger partial charge in [0, 0.05) is 17.4 Å². The summed E-state index contributed by atoms with van der Waals surface area (Å²) in [5, 5.41) is 3.60. The molecule has 4 nitrogen and oxygen atoms in total. The molecule has 0 saturated heterocycles. The first-order valence-electron chi connectivity index (χ1n) is 8.51. The molecule has 126 valence electrons. The van der Waals surface area contributed by atoms with Crippen LogP contribution in [0.25, 0.3) is 0 Å². The summed E-state index contributed by atoms with van der Waals surface area (Å²) >= 11 is 0. The minimum Gasteiger partial charge on any atom is -0.459 e. The van der Waals surface area contributed by atoms with Gasteiger partial charge >= 0.3 is 0 Å². The van der Waals surface area contributed by atoms with Crippen LogP contribution in [0.15, 0.2) is 77.4 Å². The van der Waals surface area contributed by atoms with Gasteiger partial charge in [-0.1, -0.05) is 36.4 Å². The minimum absolute atomic E-state index is 0.0636. The van der Waals surface area contributed by atoms with E-state index >= 15 is 0 Å². The third-order valence-corrected chi connectivity index (χ3v) is 4.65. The maximum Gasteiger partial charge on any atom is 0.294 e. The fraction of sp³-hybridized carbons (Fsp3) is 0.190. The van der Waals surface area contributed by atoms with Crippen LogP contribution in [0.4, 0.5) is 11.4 Å². The number of fused-ring (bicyclic) bond motifs is 1. The topological polar surface area (TPSA) is 45.5 Å². The number of amides is 1. The van der Waals surface area contributed by atoms with Crippen LogP contribution in [0.3, 0.4) is 0 Å². The summed E-state index contributed by atoms with van der Waals surface area (Å²) in [5.74, 6) is 0.277. The summed E-state index contributed by atoms with van der Waals surface area (Å²) in [5.41, 5.74) is 3.15. The molecule has 1 aromatic heterocycles. The van der Waals surface area contributed by atoms with Gasteiger partial charge in [-0.25, -0.2) is 0 Å². The van der Waals surface area contributed by atoms with Gasteiger partial charge in [0.25, 0.3) is 5.91 Å². The van der Waals surface area contributed by atoms with Crippen molar-refractivity contribution < 1.29 is 9.21 Å². The summed E-state index contributed by atoms with van der Waals surface area (Å²) in [6.07, 6.45) is 2.37. The van der Waals surface area contributed by atoms with Crippen LogP contribution in [0.2, 0.25) is 0 Å². The SMILES string of the molecule is C[C@@H]1C[C@@H](Nc2ccccc2)c2ccccc2N1C(=O)c1ccco1. The lowest BCUT2D eigenvalue weighted by atomic mass is 9.91. The van der Waals surface area contributed by atoms with Gasteiger partial charge in [0.05, 0.1) is 12.3 Å². The van der Waals surface area contributed by atoms with E-state index in [2.05, 4.69) is 30.4 Å². The molecule has 4 rings (SSSR count). The number of nitrogens with zero attached hydrogens (tertiary/aromatic N) is 1. The van der Waals surface area contributed by atoms with E-state index in [1.807, 2.05) is 41.3 Å². The molecular weight excluding hydrogens is 312 g/mol. The Labute approximate surface area is 147 Å². The first-order chi connectivity index (χ1) is 12.2. The van der Waals surface area contributed by atoms with E-state index in [0.717, 1.165) is 23.4 Å². The van der Waals surface area contributed by atoms with E-state index in [1.54, 1.807) is 12.1 Å². The third-order valence-electron chi connectivity index (χ3n) is 4.65. The summed E-state index contributed by atoms with van der Waals surface area (Å²) in [4.78, 5) is 14.8. The lowest BCUT2D eigenvalue weighted by Gasteiger charge is -2.39. The number of benzene rings is 2. The van der Waals surface area contributed by atoms with E-state index in [-0.39, 0.29) is 18.0 Å². The Bertz CT molecular complexity index is 859. The predicted octanol–water partition coefficient (Wildman–Crippen LogP) is 4.87. The zero-order valence-corrected chi connectivity index (χ0v) is 14.1. The summed E-state index contributed by atoms with van der Waals surface area (Å²) < 4.78 is 5.33. The van der Waals surface area contributed by atoms with Crippen LogP contribution >= 0.6 is 0 Å². The Hall–Kier alpha value is -3.01. The monoisotopic (exact) mass is 332 g/mol. The molecule has 2 atom stereocenters. The number of carbonyl (C=O) groups is 1. The molecule has 3 aromatic rings. The molecule has 0 bridgehead atoms. The Morgan fingerprint density at radius 2 is 1.80 bits per heavy atom. The normalized spacial score (nSPS) is 19.3. The Kier molecular flexibility index (Phi) is 4.02. The number of para-hydroxylation sites is 2. The van der Waals surface area contributed by atoms with Crippen molar-refractivity contribution in [2.75, 3.05) is 10.2 Å². The molecule has 1 aliphatic rings. The smallest absolute Gasteiger partial charge is 0.294 e. The maximum atomic E-state index is 12.9. The van der Waals surface area contributed by atoms with Crippen molar-refractivity contribution in [1.82, 2.24) is 0 Å². The molecule has 1 N–H and O–H groups in total. The van der Waals surface area contributed by atoms with Crippen LogP contribution in [0.1, 0.15) is 35.5 Å². The first-order valence-corrected chi connectivity index (χ1v) is 8.51. The Balaban J connectivity index is 1.69. The van der Waals surface area contributed by atoms with E-state index in [9.17, 15) is 4.79 Å². The molecule has 0 unspecified atom stereocenters. The zero-order chi connectivity index (χ0) is 17.2. The zero-order valence-electron chi connectivity index (χ0n) is 14.1. The average Bonchev–Trinajstić information content (AvgIpc) is 3.17. The standard InChI is InChI=1S/C21H20N2O2/c1-15-14-18(22-16-8-3-2-4-9-16)17-10-5-6-11-19(17)23(15)21(24)20-12-7-13-25-20/h2-13,15,18,22H,14H2,1H3/t15-,18-/m1/s1. The lowest BCUT2D eigenvalue weighted by Crippen LogP contribution is -2.44. The van der Waals surface area contributed by atoms with E-state index in [0.29, 0.717) is 5.76 Å². The fourth-order valence-electron chi connectivity index (χ4n) is 3.51. The molecule has 2 heterocycles. The van der Waals surface area contributed by atoms with Crippen molar-refractivity contribution in [3.05, 3.63) is 84.3 Å². The molecule has 1 aliphatic heterocycles. The number of hydrogen-bond donors (Lipinski definition) is 1. The first kappa shape index (κ1) is 15.5. The Morgan fingerprint density at radius 3 is 2.56 bits per heavy atom. The largest absolute Gasteiger partial charge is 0.459 e. The van der Waals surface area contributed by atoms with Crippen LogP contribution in [0, 0.1) is 0 Å². The van der Waals surface area contributed by atoms with Gasteiger partial charge in [-0.3, -0.25) is 4.79 Å². The van der Waals surface area contributed by atoms with Crippen molar-refractivity contribution in [3.8, 4) is 0 Å². The van der Waals surface area contributed by atoms with Crippen LogP contribution < -0.4 is 10.2 Å². The number of anilines is 2. The van der Waals surface area contributed by atoms with E-state index in [4.69, 9.17) is 4.42 Å². The highest BCUT2D eigenvalue weighted by atomic mass is 16.3. The van der Waals surface area contributed by atoms with Gasteiger partial charge in [0.2, 0.25) is 0 Å². The third kappa shape index (κ3) is 2.91. The van der Waals surface area contributed by atoms with E-state index < -0.39 is 0 Å². The molecule has 0 aliphatic carbocycles. The van der Waals surface area contributed by atoms with Gasteiger partial charge in [-0.15, -0.1) is 0 Å². The van der Waals surface area contributed by atoms with Gasteiger partial charge in [0.15, 0.2) is 5.76 Å². The van der Waals surface area contributed by atoms with Crippen LogP contribution in [-0.2, 0) is 0 Å². The second-order valence-electron chi connectivity index (χ2n) is 6.36.